The van der Waals surface area contributed by atoms with Crippen molar-refractivity contribution in [2.24, 2.45) is 5.41 Å². The van der Waals surface area contributed by atoms with Gasteiger partial charge in [0.2, 0.25) is 0 Å². The SMILES string of the molecule is CCCC1=[C]([Zr]([C]2=C(CCC)C=CC2)([C]2=C(C)C(C)=C(C)C2(C)C)[SiH](C)C)CC=C1. The zero-order valence-electron chi connectivity index (χ0n) is 21.1. The van der Waals surface area contributed by atoms with Crippen molar-refractivity contribution in [3.8, 4) is 0 Å². The molecule has 3 aliphatic rings. The first-order valence-corrected chi connectivity index (χ1v) is 23.2. The summed E-state index contributed by atoms with van der Waals surface area (Å²) in [5, 5.41) is 0. The molecule has 0 spiro atoms. The van der Waals surface area contributed by atoms with Crippen LogP contribution >= 0.6 is 0 Å². The first-order valence-electron chi connectivity index (χ1n) is 12.3. The molecule has 0 N–H and O–H groups in total. The zero-order valence-corrected chi connectivity index (χ0v) is 24.7. The van der Waals surface area contributed by atoms with E-state index in [0.29, 0.717) is 0 Å². The van der Waals surface area contributed by atoms with Gasteiger partial charge in [0.05, 0.1) is 0 Å². The van der Waals surface area contributed by atoms with Gasteiger partial charge >= 0.3 is 193 Å². The topological polar surface area (TPSA) is 0 Å². The van der Waals surface area contributed by atoms with E-state index in [-0.39, 0.29) is 5.41 Å². The number of rotatable bonds is 8. The molecule has 2 heteroatoms. The van der Waals surface area contributed by atoms with Gasteiger partial charge in [0.1, 0.15) is 0 Å². The van der Waals surface area contributed by atoms with Crippen LogP contribution in [0.25, 0.3) is 0 Å². The predicted molar refractivity (Wildman–Crippen MR) is 135 cm³/mol. The first-order chi connectivity index (χ1) is 14.1. The van der Waals surface area contributed by atoms with Crippen LogP contribution in [0.15, 0.2) is 62.0 Å². The summed E-state index contributed by atoms with van der Waals surface area (Å²) in [7, 11) is 0. The Morgan fingerprint density at radius 1 is 0.833 bits per heavy atom. The second-order valence-electron chi connectivity index (χ2n) is 10.6. The van der Waals surface area contributed by atoms with Gasteiger partial charge in [0.15, 0.2) is 0 Å². The van der Waals surface area contributed by atoms with E-state index in [1.807, 2.05) is 9.84 Å². The standard InChI is InChI=1S/C10H15.2C8H11.C2H7Si.Zr/c1-7-6-10(4,5)9(3)8(7)2;2*1-2-5-8-6-3-4-7-8;1-3-2;/h1-5H3;2*3,6H,2,4-5H2,1H3;3H,1-2H3;. The van der Waals surface area contributed by atoms with Gasteiger partial charge < -0.3 is 0 Å². The molecule has 0 unspecified atom stereocenters. The van der Waals surface area contributed by atoms with Gasteiger partial charge in [-0.25, -0.2) is 0 Å². The summed E-state index contributed by atoms with van der Waals surface area (Å²) in [4.78, 5) is 0. The van der Waals surface area contributed by atoms with Crippen molar-refractivity contribution < 1.29 is 19.4 Å². The summed E-state index contributed by atoms with van der Waals surface area (Å²) in [5.41, 5.74) is 8.61. The molecule has 0 nitrogen and oxygen atoms in total. The second kappa shape index (κ2) is 9.19. The van der Waals surface area contributed by atoms with Gasteiger partial charge in [-0.3, -0.25) is 0 Å². The Morgan fingerprint density at radius 2 is 1.30 bits per heavy atom. The van der Waals surface area contributed by atoms with E-state index in [4.69, 9.17) is 0 Å². The molecule has 0 heterocycles. The monoisotopic (exact) mass is 498 g/mol. The Bertz CT molecular complexity index is 859. The summed E-state index contributed by atoms with van der Waals surface area (Å²) in [6.45, 7) is 22.6. The van der Waals surface area contributed by atoms with E-state index < -0.39 is 25.4 Å². The van der Waals surface area contributed by atoms with Crippen LogP contribution in [0.1, 0.15) is 87.0 Å². The molecule has 0 amide bonds. The quantitative estimate of drug-likeness (QED) is 0.293. The molecule has 0 bridgehead atoms. The molecule has 0 radical (unpaired) electrons. The molecule has 0 fully saturated rings. The van der Waals surface area contributed by atoms with Crippen molar-refractivity contribution in [2.45, 2.75) is 100 Å². The van der Waals surface area contributed by atoms with Crippen molar-refractivity contribution in [2.75, 3.05) is 0 Å². The van der Waals surface area contributed by atoms with Crippen LogP contribution in [0.2, 0.25) is 13.1 Å². The Morgan fingerprint density at radius 3 is 1.63 bits per heavy atom. The third-order valence-corrected chi connectivity index (χ3v) is 40.4. The van der Waals surface area contributed by atoms with Gasteiger partial charge in [-0.1, -0.05) is 0 Å². The second-order valence-corrected chi connectivity index (χ2v) is 34.7. The van der Waals surface area contributed by atoms with E-state index in [0.717, 1.165) is 0 Å². The summed E-state index contributed by atoms with van der Waals surface area (Å²) >= 11 is -3.02. The van der Waals surface area contributed by atoms with Gasteiger partial charge in [-0.15, -0.1) is 0 Å². The van der Waals surface area contributed by atoms with Gasteiger partial charge in [0, 0.05) is 0 Å². The van der Waals surface area contributed by atoms with Gasteiger partial charge in [0.25, 0.3) is 0 Å². The third-order valence-electron chi connectivity index (χ3n) is 8.37. The molecule has 0 saturated heterocycles. The van der Waals surface area contributed by atoms with Crippen LogP contribution in [0, 0.1) is 5.41 Å². The Balaban J connectivity index is 2.42. The van der Waals surface area contributed by atoms with Crippen LogP contribution in [-0.4, -0.2) is 5.92 Å². The van der Waals surface area contributed by atoms with Crippen LogP contribution < -0.4 is 0 Å². The van der Waals surface area contributed by atoms with E-state index in [1.165, 1.54) is 38.5 Å². The Hall–Kier alpha value is -0.460. The summed E-state index contributed by atoms with van der Waals surface area (Å²) in [6.07, 6.45) is 17.6. The molecule has 3 aliphatic carbocycles. The van der Waals surface area contributed by atoms with Crippen molar-refractivity contribution in [1.82, 2.24) is 0 Å². The molecule has 0 aromatic carbocycles. The molecule has 0 atom stereocenters. The fourth-order valence-electron chi connectivity index (χ4n) is 6.79. The molecule has 0 aliphatic heterocycles. The van der Waals surface area contributed by atoms with Crippen molar-refractivity contribution in [3.63, 3.8) is 0 Å². The van der Waals surface area contributed by atoms with Gasteiger partial charge in [-0.2, -0.15) is 0 Å². The summed E-state index contributed by atoms with van der Waals surface area (Å²) in [6, 6.07) is 0. The van der Waals surface area contributed by atoms with E-state index in [2.05, 4.69) is 85.9 Å². The minimum atomic E-state index is -3.02. The van der Waals surface area contributed by atoms with E-state index >= 15 is 0 Å². The molecule has 0 aromatic rings. The number of hydrogen-bond acceptors (Lipinski definition) is 0. The van der Waals surface area contributed by atoms with Crippen LogP contribution in [-0.2, 0) is 19.4 Å². The molecule has 30 heavy (non-hydrogen) atoms. The number of allylic oxidation sites excluding steroid dienone is 12. The van der Waals surface area contributed by atoms with E-state index in [1.54, 1.807) is 27.9 Å². The average Bonchev–Trinajstić information content (AvgIpc) is 3.37. The van der Waals surface area contributed by atoms with Crippen molar-refractivity contribution in [1.29, 1.82) is 0 Å². The summed E-state index contributed by atoms with van der Waals surface area (Å²) < 4.78 is 5.92. The molecule has 0 saturated carbocycles. The van der Waals surface area contributed by atoms with Crippen molar-refractivity contribution >= 4 is 5.92 Å². The van der Waals surface area contributed by atoms with E-state index in [9.17, 15) is 0 Å². The fourth-order valence-corrected chi connectivity index (χ4v) is 43.2. The molecule has 3 rings (SSSR count). The minimum absolute atomic E-state index is 0.224. The van der Waals surface area contributed by atoms with Crippen LogP contribution in [0.3, 0.4) is 0 Å². The number of hydrogen-bond donors (Lipinski definition) is 0. The maximum atomic E-state index is 2.72. The predicted octanol–water partition coefficient (Wildman–Crippen LogP) is 8.80. The van der Waals surface area contributed by atoms with Crippen molar-refractivity contribution in [3.05, 3.63) is 62.0 Å². The normalized spacial score (nSPS) is 21.5. The molecule has 0 aromatic heterocycles. The molecular formula is C28H44SiZr. The fraction of sp³-hybridized carbons (Fsp3) is 0.571. The first kappa shape index (κ1) is 24.2. The maximum absolute atomic E-state index is 3.02. The zero-order chi connectivity index (χ0) is 22.3. The average molecular weight is 500 g/mol. The molecule has 164 valence electrons. The molecular weight excluding hydrogens is 456 g/mol. The van der Waals surface area contributed by atoms with Crippen LogP contribution in [0.4, 0.5) is 0 Å². The van der Waals surface area contributed by atoms with Crippen LogP contribution in [0.5, 0.6) is 0 Å². The summed E-state index contributed by atoms with van der Waals surface area (Å²) in [5.74, 6) is -0.953. The van der Waals surface area contributed by atoms with Gasteiger partial charge in [-0.05, 0) is 0 Å². The Labute approximate surface area is 192 Å². The Kier molecular flexibility index (Phi) is 7.41. The third kappa shape index (κ3) is 3.59.